The molecule has 3 heterocycles. The summed E-state index contributed by atoms with van der Waals surface area (Å²) in [4.78, 5) is 3.24. The number of aliphatic hydroxyl groups is 1. The fourth-order valence-electron chi connectivity index (χ4n) is 3.85. The molecule has 33 heavy (non-hydrogen) atoms. The van der Waals surface area contributed by atoms with Gasteiger partial charge in [-0.15, -0.1) is 11.3 Å². The first-order valence-electron chi connectivity index (χ1n) is 10.5. The van der Waals surface area contributed by atoms with E-state index in [4.69, 9.17) is 18.5 Å². The van der Waals surface area contributed by atoms with Crippen LogP contribution in [0.1, 0.15) is 35.7 Å². The maximum absolute atomic E-state index is 13.0. The number of rotatable bonds is 9. The van der Waals surface area contributed by atoms with Crippen LogP contribution < -0.4 is 9.47 Å². The van der Waals surface area contributed by atoms with Crippen LogP contribution in [-0.4, -0.2) is 43.5 Å². The van der Waals surface area contributed by atoms with Gasteiger partial charge in [0.1, 0.15) is 5.84 Å². The molecule has 2 aliphatic heterocycles. The number of hydrogen-bond donors (Lipinski definition) is 1. The Morgan fingerprint density at radius 3 is 2.73 bits per heavy atom. The van der Waals surface area contributed by atoms with Gasteiger partial charge in [-0.2, -0.15) is 4.76 Å². The number of aliphatic hydroxyl groups excluding tert-OH is 1. The molecule has 0 aliphatic carbocycles. The Kier molecular flexibility index (Phi) is 7.94. The van der Waals surface area contributed by atoms with Gasteiger partial charge in [0.2, 0.25) is 6.79 Å². The Bertz CT molecular complexity index is 1080. The monoisotopic (exact) mass is 556 g/mol. The molecular formula is C22H26BrN2O6PS. The third kappa shape index (κ3) is 5.53. The van der Waals surface area contributed by atoms with E-state index in [1.165, 1.54) is 14.2 Å². The SMILES string of the molecule is COP(=O)(/N=C1/CC(CCCO)=CC(c2cccs2)N1Cc1cc2c(cc1Br)OCO2)OC. The van der Waals surface area contributed by atoms with E-state index in [0.29, 0.717) is 36.7 Å². The number of thiophene rings is 1. The number of ether oxygens (including phenoxy) is 2. The van der Waals surface area contributed by atoms with Crippen LogP contribution in [0, 0.1) is 0 Å². The molecule has 4 rings (SSSR count). The van der Waals surface area contributed by atoms with E-state index in [0.717, 1.165) is 26.9 Å². The number of hydrogen-bond acceptors (Lipinski definition) is 7. The zero-order chi connectivity index (χ0) is 23.4. The van der Waals surface area contributed by atoms with Crippen LogP contribution in [0.2, 0.25) is 0 Å². The molecule has 2 aromatic rings. The Morgan fingerprint density at radius 2 is 2.06 bits per heavy atom. The zero-order valence-corrected chi connectivity index (χ0v) is 21.7. The summed E-state index contributed by atoms with van der Waals surface area (Å²) in [5.74, 6) is 2.00. The highest BCUT2D eigenvalue weighted by molar-refractivity contribution is 9.10. The average molecular weight is 557 g/mol. The molecule has 1 unspecified atom stereocenters. The highest BCUT2D eigenvalue weighted by atomic mass is 79.9. The normalized spacial score (nSPS) is 19.3. The van der Waals surface area contributed by atoms with Gasteiger partial charge in [0.15, 0.2) is 11.5 Å². The first kappa shape index (κ1) is 24.4. The van der Waals surface area contributed by atoms with Crippen molar-refractivity contribution in [2.24, 2.45) is 4.76 Å². The summed E-state index contributed by atoms with van der Waals surface area (Å²) in [6.07, 6.45) is 4.08. The van der Waals surface area contributed by atoms with Crippen molar-refractivity contribution in [1.29, 1.82) is 0 Å². The van der Waals surface area contributed by atoms with Crippen LogP contribution in [0.4, 0.5) is 0 Å². The van der Waals surface area contributed by atoms with Crippen LogP contribution in [0.3, 0.4) is 0 Å². The van der Waals surface area contributed by atoms with E-state index in [1.807, 2.05) is 23.6 Å². The zero-order valence-electron chi connectivity index (χ0n) is 18.4. The van der Waals surface area contributed by atoms with Crippen LogP contribution in [-0.2, 0) is 20.2 Å². The molecule has 0 fully saturated rings. The quantitative estimate of drug-likeness (QED) is 0.313. The summed E-state index contributed by atoms with van der Waals surface area (Å²) < 4.78 is 39.7. The van der Waals surface area contributed by atoms with Crippen molar-refractivity contribution in [2.45, 2.75) is 31.8 Å². The van der Waals surface area contributed by atoms with Gasteiger partial charge in [0.25, 0.3) is 0 Å². The number of nitrogens with zero attached hydrogens (tertiary/aromatic N) is 2. The molecule has 0 radical (unpaired) electrons. The van der Waals surface area contributed by atoms with E-state index < -0.39 is 7.75 Å². The molecule has 1 atom stereocenters. The second-order valence-corrected chi connectivity index (χ2v) is 11.3. The van der Waals surface area contributed by atoms with E-state index in [-0.39, 0.29) is 19.4 Å². The van der Waals surface area contributed by atoms with Gasteiger partial charge in [-0.25, -0.2) is 4.57 Å². The fraction of sp³-hybridized carbons (Fsp3) is 0.409. The lowest BCUT2D eigenvalue weighted by molar-refractivity contribution is 0.174. The van der Waals surface area contributed by atoms with Crippen LogP contribution in [0.5, 0.6) is 11.5 Å². The number of benzene rings is 1. The molecule has 0 spiro atoms. The summed E-state index contributed by atoms with van der Waals surface area (Å²) in [7, 11) is -0.999. The predicted molar refractivity (Wildman–Crippen MR) is 131 cm³/mol. The van der Waals surface area contributed by atoms with Crippen molar-refractivity contribution in [1.82, 2.24) is 4.90 Å². The second-order valence-electron chi connectivity index (χ2n) is 7.56. The van der Waals surface area contributed by atoms with Crippen molar-refractivity contribution >= 4 is 40.8 Å². The highest BCUT2D eigenvalue weighted by Crippen LogP contribution is 2.50. The van der Waals surface area contributed by atoms with Crippen molar-refractivity contribution in [3.05, 3.63) is 56.2 Å². The molecule has 0 saturated carbocycles. The summed E-state index contributed by atoms with van der Waals surface area (Å²) >= 11 is 5.30. The smallest absolute Gasteiger partial charge is 0.454 e. The van der Waals surface area contributed by atoms with Gasteiger partial charge in [-0.05, 0) is 42.0 Å². The van der Waals surface area contributed by atoms with Crippen LogP contribution in [0.25, 0.3) is 0 Å². The third-order valence-electron chi connectivity index (χ3n) is 5.52. The Hall–Kier alpha value is -1.68. The average Bonchev–Trinajstić information content (AvgIpc) is 3.51. The number of fused-ring (bicyclic) bond motifs is 1. The molecule has 11 heteroatoms. The molecule has 2 aliphatic rings. The van der Waals surface area contributed by atoms with Crippen LogP contribution >= 0.6 is 35.0 Å². The maximum atomic E-state index is 13.0. The van der Waals surface area contributed by atoms with E-state index >= 15 is 0 Å². The number of halogens is 1. The summed E-state index contributed by atoms with van der Waals surface area (Å²) in [6, 6.07) is 7.82. The van der Waals surface area contributed by atoms with Crippen molar-refractivity contribution in [3.63, 3.8) is 0 Å². The van der Waals surface area contributed by atoms with E-state index in [1.54, 1.807) is 11.3 Å². The Labute approximate surface area is 205 Å². The summed E-state index contributed by atoms with van der Waals surface area (Å²) in [5, 5.41) is 11.4. The summed E-state index contributed by atoms with van der Waals surface area (Å²) in [6.45, 7) is 0.785. The molecule has 0 bridgehead atoms. The van der Waals surface area contributed by atoms with Gasteiger partial charge < -0.3 is 19.5 Å². The molecule has 1 N–H and O–H groups in total. The summed E-state index contributed by atoms with van der Waals surface area (Å²) in [5.41, 5.74) is 2.10. The van der Waals surface area contributed by atoms with Gasteiger partial charge >= 0.3 is 7.75 Å². The van der Waals surface area contributed by atoms with Gasteiger partial charge in [-0.3, -0.25) is 9.05 Å². The fourth-order valence-corrected chi connectivity index (χ4v) is 5.89. The first-order chi connectivity index (χ1) is 16.0. The Balaban J connectivity index is 1.78. The molecular weight excluding hydrogens is 531 g/mol. The topological polar surface area (TPSA) is 89.8 Å². The second kappa shape index (κ2) is 10.7. The van der Waals surface area contributed by atoms with Gasteiger partial charge in [0, 0.05) is 43.1 Å². The van der Waals surface area contributed by atoms with E-state index in [9.17, 15) is 9.67 Å². The number of amidine groups is 1. The van der Waals surface area contributed by atoms with Crippen molar-refractivity contribution in [2.75, 3.05) is 27.6 Å². The standard InChI is InChI=1S/C22H26BrN2O6PS/c1-28-32(27,29-2)24-22-10-15(5-3-7-26)9-18(21-6-4-8-33-21)25(22)13-16-11-19-20(12-17(16)23)31-14-30-19/h4,6,8-9,11-12,18,26H,3,5,7,10,13-14H2,1-2H3/b24-22-. The molecule has 1 aromatic heterocycles. The maximum Gasteiger partial charge on any atom is 0.454 e. The minimum Gasteiger partial charge on any atom is -0.454 e. The predicted octanol–water partition coefficient (Wildman–Crippen LogP) is 5.68. The lowest BCUT2D eigenvalue weighted by atomic mass is 9.96. The molecule has 8 nitrogen and oxygen atoms in total. The Morgan fingerprint density at radius 1 is 1.30 bits per heavy atom. The van der Waals surface area contributed by atoms with Crippen molar-refractivity contribution < 1.29 is 28.2 Å². The molecule has 0 saturated heterocycles. The lowest BCUT2D eigenvalue weighted by Crippen LogP contribution is -2.37. The lowest BCUT2D eigenvalue weighted by Gasteiger charge is -2.37. The van der Waals surface area contributed by atoms with Crippen LogP contribution in [0.15, 0.2) is 50.5 Å². The minimum atomic E-state index is -3.66. The molecule has 1 aromatic carbocycles. The van der Waals surface area contributed by atoms with Gasteiger partial charge in [0.05, 0.1) is 6.04 Å². The largest absolute Gasteiger partial charge is 0.454 e. The minimum absolute atomic E-state index is 0.107. The first-order valence-corrected chi connectivity index (χ1v) is 13.6. The molecule has 178 valence electrons. The molecule has 0 amide bonds. The third-order valence-corrected chi connectivity index (χ3v) is 8.60. The van der Waals surface area contributed by atoms with Crippen molar-refractivity contribution in [3.8, 4) is 11.5 Å². The van der Waals surface area contributed by atoms with E-state index in [2.05, 4.69) is 37.7 Å². The van der Waals surface area contributed by atoms with Gasteiger partial charge in [-0.1, -0.05) is 33.6 Å². The highest BCUT2D eigenvalue weighted by Gasteiger charge is 2.32.